The number of ether oxygens (including phenoxy) is 2. The summed E-state index contributed by atoms with van der Waals surface area (Å²) < 4.78 is 10.6. The van der Waals surface area contributed by atoms with Gasteiger partial charge in [-0.2, -0.15) is 5.26 Å². The maximum Gasteiger partial charge on any atom is 0.417 e. The zero-order valence-electron chi connectivity index (χ0n) is 18.6. The van der Waals surface area contributed by atoms with E-state index in [1.807, 2.05) is 0 Å². The molecular weight excluding hydrogens is 390 g/mol. The number of amides is 3. The number of imide groups is 1. The second-order valence-corrected chi connectivity index (χ2v) is 9.75. The maximum atomic E-state index is 13.2. The van der Waals surface area contributed by atoms with E-state index in [4.69, 9.17) is 9.47 Å². The molecule has 2 saturated heterocycles. The summed E-state index contributed by atoms with van der Waals surface area (Å²) in [5.74, 6) is -2.55. The molecule has 0 bridgehead atoms. The van der Waals surface area contributed by atoms with Gasteiger partial charge < -0.3 is 14.4 Å². The highest BCUT2D eigenvalue weighted by molar-refractivity contribution is 6.03. The van der Waals surface area contributed by atoms with Crippen molar-refractivity contribution in [3.8, 4) is 6.07 Å². The van der Waals surface area contributed by atoms with E-state index in [9.17, 15) is 24.4 Å². The summed E-state index contributed by atoms with van der Waals surface area (Å²) in [6.07, 6.45) is 0.0612. The van der Waals surface area contributed by atoms with Crippen molar-refractivity contribution in [2.24, 2.45) is 5.92 Å². The quantitative estimate of drug-likeness (QED) is 0.642. The molecule has 0 unspecified atom stereocenters. The summed E-state index contributed by atoms with van der Waals surface area (Å²) in [6, 6.07) is 0.404. The molecule has 0 aromatic heterocycles. The van der Waals surface area contributed by atoms with Crippen LogP contribution in [-0.2, 0) is 23.9 Å². The third kappa shape index (κ3) is 5.71. The fraction of sp³-hybridized carbons (Fsp3) is 0.762. The van der Waals surface area contributed by atoms with Crippen LogP contribution >= 0.6 is 0 Å². The van der Waals surface area contributed by atoms with Crippen molar-refractivity contribution in [1.82, 2.24) is 9.80 Å². The minimum Gasteiger partial charge on any atom is -0.460 e. The number of hydrogen-bond acceptors (Lipinski definition) is 7. The molecule has 2 rings (SSSR count). The van der Waals surface area contributed by atoms with Crippen molar-refractivity contribution in [2.75, 3.05) is 6.54 Å². The van der Waals surface area contributed by atoms with Gasteiger partial charge in [0.1, 0.15) is 23.3 Å². The fourth-order valence-electron chi connectivity index (χ4n) is 3.68. The minimum atomic E-state index is -1.10. The van der Waals surface area contributed by atoms with Crippen LogP contribution in [0.3, 0.4) is 0 Å². The molecule has 0 aromatic carbocycles. The Bertz CT molecular complexity index is 758. The Morgan fingerprint density at radius 1 is 1.10 bits per heavy atom. The van der Waals surface area contributed by atoms with E-state index in [0.717, 1.165) is 4.90 Å². The number of esters is 1. The predicted octanol–water partition coefficient (Wildman–Crippen LogP) is 2.38. The Kier molecular flexibility index (Phi) is 6.80. The van der Waals surface area contributed by atoms with Crippen LogP contribution in [-0.4, -0.2) is 63.5 Å². The largest absolute Gasteiger partial charge is 0.460 e. The van der Waals surface area contributed by atoms with Gasteiger partial charge in [-0.1, -0.05) is 0 Å². The van der Waals surface area contributed by atoms with Crippen molar-refractivity contribution in [3.63, 3.8) is 0 Å². The lowest BCUT2D eigenvalue weighted by Gasteiger charge is -2.29. The third-order valence-electron chi connectivity index (χ3n) is 4.80. The predicted molar refractivity (Wildman–Crippen MR) is 106 cm³/mol. The molecule has 0 aromatic rings. The number of likely N-dealkylation sites (tertiary alicyclic amines) is 2. The van der Waals surface area contributed by atoms with Crippen molar-refractivity contribution >= 4 is 23.9 Å². The van der Waals surface area contributed by atoms with Gasteiger partial charge in [-0.15, -0.1) is 0 Å². The van der Waals surface area contributed by atoms with E-state index in [2.05, 4.69) is 6.07 Å². The summed E-state index contributed by atoms with van der Waals surface area (Å²) in [5, 5.41) is 9.31. The fourth-order valence-corrected chi connectivity index (χ4v) is 3.68. The molecule has 0 N–H and O–H groups in total. The molecule has 0 spiro atoms. The first kappa shape index (κ1) is 23.6. The third-order valence-corrected chi connectivity index (χ3v) is 4.80. The molecule has 166 valence electrons. The second kappa shape index (κ2) is 8.62. The normalized spacial score (nSPS) is 24.6. The van der Waals surface area contributed by atoms with E-state index in [1.165, 1.54) is 4.90 Å². The number of nitrogens with zero attached hydrogens (tertiary/aromatic N) is 3. The van der Waals surface area contributed by atoms with Crippen LogP contribution in [0.4, 0.5) is 4.79 Å². The summed E-state index contributed by atoms with van der Waals surface area (Å²) in [6.45, 7) is 10.5. The summed E-state index contributed by atoms with van der Waals surface area (Å²) >= 11 is 0. The van der Waals surface area contributed by atoms with Crippen LogP contribution in [0.2, 0.25) is 0 Å². The van der Waals surface area contributed by atoms with E-state index in [0.29, 0.717) is 19.4 Å². The van der Waals surface area contributed by atoms with Gasteiger partial charge in [0.2, 0.25) is 11.8 Å². The molecule has 3 amide bonds. The average Bonchev–Trinajstić information content (AvgIpc) is 3.16. The number of carbonyl (C=O) groups excluding carboxylic acids is 4. The number of nitriles is 1. The first-order chi connectivity index (χ1) is 13.7. The molecule has 2 fully saturated rings. The molecule has 30 heavy (non-hydrogen) atoms. The minimum absolute atomic E-state index is 0.00913. The van der Waals surface area contributed by atoms with E-state index in [-0.39, 0.29) is 12.8 Å². The van der Waals surface area contributed by atoms with Crippen molar-refractivity contribution in [3.05, 3.63) is 0 Å². The van der Waals surface area contributed by atoms with Crippen molar-refractivity contribution < 1.29 is 28.7 Å². The smallest absolute Gasteiger partial charge is 0.417 e. The Morgan fingerprint density at radius 2 is 1.70 bits per heavy atom. The van der Waals surface area contributed by atoms with Crippen molar-refractivity contribution in [1.29, 1.82) is 5.26 Å². The molecule has 0 aliphatic carbocycles. The zero-order chi connectivity index (χ0) is 22.9. The highest BCUT2D eigenvalue weighted by atomic mass is 16.6. The van der Waals surface area contributed by atoms with Crippen LogP contribution in [0.5, 0.6) is 0 Å². The monoisotopic (exact) mass is 421 g/mol. The highest BCUT2D eigenvalue weighted by Gasteiger charge is 2.51. The van der Waals surface area contributed by atoms with Crippen LogP contribution in [0.1, 0.15) is 67.2 Å². The van der Waals surface area contributed by atoms with Gasteiger partial charge in [-0.05, 0) is 60.8 Å². The number of carbonyl (C=O) groups is 4. The first-order valence-electron chi connectivity index (χ1n) is 10.2. The van der Waals surface area contributed by atoms with Crippen LogP contribution in [0.25, 0.3) is 0 Å². The van der Waals surface area contributed by atoms with Gasteiger partial charge in [0.15, 0.2) is 0 Å². The van der Waals surface area contributed by atoms with E-state index in [1.54, 1.807) is 41.5 Å². The molecule has 0 saturated carbocycles. The first-order valence-corrected chi connectivity index (χ1v) is 10.2. The lowest BCUT2D eigenvalue weighted by atomic mass is 10.0. The molecule has 9 nitrogen and oxygen atoms in total. The van der Waals surface area contributed by atoms with Gasteiger partial charge >= 0.3 is 12.1 Å². The maximum absolute atomic E-state index is 13.2. The SMILES string of the molecule is CC(C)(C)OC(=O)C[C@@H]1C[C@@H](C(=O)N2CCC[C@H]2C#N)N(C(=O)OC(C)(C)C)C1=O. The second-order valence-electron chi connectivity index (χ2n) is 9.75. The topological polar surface area (TPSA) is 117 Å². The lowest BCUT2D eigenvalue weighted by Crippen LogP contribution is -2.51. The average molecular weight is 421 g/mol. The Balaban J connectivity index is 2.26. The summed E-state index contributed by atoms with van der Waals surface area (Å²) in [7, 11) is 0. The zero-order valence-corrected chi connectivity index (χ0v) is 18.6. The van der Waals surface area contributed by atoms with Gasteiger partial charge in [0, 0.05) is 6.54 Å². The van der Waals surface area contributed by atoms with E-state index >= 15 is 0 Å². The Labute approximate surface area is 177 Å². The molecule has 2 aliphatic heterocycles. The molecule has 3 atom stereocenters. The summed E-state index contributed by atoms with van der Waals surface area (Å²) in [5.41, 5.74) is -1.58. The van der Waals surface area contributed by atoms with E-state index < -0.39 is 53.1 Å². The molecular formula is C21H31N3O6. The summed E-state index contributed by atoms with van der Waals surface area (Å²) in [4.78, 5) is 53.4. The van der Waals surface area contributed by atoms with Crippen molar-refractivity contribution in [2.45, 2.75) is 90.5 Å². The molecule has 0 radical (unpaired) electrons. The van der Waals surface area contributed by atoms with Gasteiger partial charge in [-0.25, -0.2) is 9.69 Å². The molecule has 2 heterocycles. The molecule has 2 aliphatic rings. The van der Waals surface area contributed by atoms with Gasteiger partial charge in [0.05, 0.1) is 18.4 Å². The standard InChI is InChI=1S/C21H31N3O6/c1-20(2,3)29-16(25)11-13-10-15(18(27)23-9-7-8-14(23)12-22)24(17(13)26)19(28)30-21(4,5)6/h13-15H,7-11H2,1-6H3/t13-,14-,15-/m0/s1. The number of hydrogen-bond donors (Lipinski definition) is 0. The van der Waals surface area contributed by atoms with Crippen LogP contribution in [0.15, 0.2) is 0 Å². The number of rotatable bonds is 3. The lowest BCUT2D eigenvalue weighted by molar-refractivity contribution is -0.157. The van der Waals surface area contributed by atoms with Crippen LogP contribution in [0, 0.1) is 17.2 Å². The van der Waals surface area contributed by atoms with Crippen LogP contribution < -0.4 is 0 Å². The van der Waals surface area contributed by atoms with Gasteiger partial charge in [0.25, 0.3) is 0 Å². The van der Waals surface area contributed by atoms with Gasteiger partial charge in [-0.3, -0.25) is 14.4 Å². The Morgan fingerprint density at radius 3 is 2.23 bits per heavy atom. The molecule has 9 heteroatoms. The highest BCUT2D eigenvalue weighted by Crippen LogP contribution is 2.32. The Hall–Kier alpha value is -2.63.